The first-order valence-electron chi connectivity index (χ1n) is 7.53. The van der Waals surface area contributed by atoms with Crippen molar-refractivity contribution in [1.82, 2.24) is 4.90 Å². The molecule has 1 aromatic carbocycles. The van der Waals surface area contributed by atoms with Gasteiger partial charge < -0.3 is 10.5 Å². The molecule has 0 aromatic heterocycles. The maximum Gasteiger partial charge on any atom is 0.0730 e. The number of nitrogens with zero attached hydrogens (tertiary/aromatic N) is 1. The smallest absolute Gasteiger partial charge is 0.0730 e. The molecular formula is C16H24N2O. The zero-order valence-corrected chi connectivity index (χ0v) is 11.6. The van der Waals surface area contributed by atoms with Gasteiger partial charge in [-0.05, 0) is 50.3 Å². The number of ether oxygens (including phenoxy) is 1. The highest BCUT2D eigenvalue weighted by Gasteiger charge is 2.35. The maximum atomic E-state index is 5.99. The van der Waals surface area contributed by atoms with Crippen molar-refractivity contribution in [2.45, 2.75) is 44.2 Å². The van der Waals surface area contributed by atoms with Crippen molar-refractivity contribution >= 4 is 5.69 Å². The Kier molecular flexibility index (Phi) is 4.04. The van der Waals surface area contributed by atoms with Crippen LogP contribution in [0.5, 0.6) is 0 Å². The number of rotatable bonds is 4. The van der Waals surface area contributed by atoms with Crippen LogP contribution >= 0.6 is 0 Å². The van der Waals surface area contributed by atoms with Gasteiger partial charge in [0.05, 0.1) is 12.7 Å². The Morgan fingerprint density at radius 2 is 2.16 bits per heavy atom. The molecule has 104 valence electrons. The fourth-order valence-electron chi connectivity index (χ4n) is 3.52. The van der Waals surface area contributed by atoms with E-state index in [2.05, 4.69) is 17.0 Å². The Morgan fingerprint density at radius 3 is 3.05 bits per heavy atom. The van der Waals surface area contributed by atoms with E-state index in [1.807, 2.05) is 12.1 Å². The molecule has 1 aliphatic carbocycles. The fraction of sp³-hybridized carbons (Fsp3) is 0.625. The van der Waals surface area contributed by atoms with Crippen molar-refractivity contribution in [3.8, 4) is 0 Å². The second-order valence-electron chi connectivity index (χ2n) is 5.75. The number of para-hydroxylation sites is 1. The lowest BCUT2D eigenvalue weighted by Gasteiger charge is -2.37. The Hall–Kier alpha value is -1.06. The minimum Gasteiger partial charge on any atom is -0.399 e. The van der Waals surface area contributed by atoms with Gasteiger partial charge in [0.1, 0.15) is 0 Å². The average Bonchev–Trinajstić information content (AvgIpc) is 2.90. The lowest BCUT2D eigenvalue weighted by Crippen LogP contribution is -2.48. The molecule has 2 unspecified atom stereocenters. The van der Waals surface area contributed by atoms with Gasteiger partial charge in [0.15, 0.2) is 0 Å². The van der Waals surface area contributed by atoms with Crippen LogP contribution in [0.2, 0.25) is 0 Å². The Balaban J connectivity index is 1.51. The van der Waals surface area contributed by atoms with E-state index in [0.29, 0.717) is 12.1 Å². The summed E-state index contributed by atoms with van der Waals surface area (Å²) in [5.41, 5.74) is 8.22. The summed E-state index contributed by atoms with van der Waals surface area (Å²) >= 11 is 0. The summed E-state index contributed by atoms with van der Waals surface area (Å²) in [4.78, 5) is 2.64. The van der Waals surface area contributed by atoms with E-state index in [-0.39, 0.29) is 0 Å². The molecule has 1 heterocycles. The van der Waals surface area contributed by atoms with Gasteiger partial charge in [-0.1, -0.05) is 18.2 Å². The molecule has 0 bridgehead atoms. The first-order valence-corrected chi connectivity index (χ1v) is 7.53. The van der Waals surface area contributed by atoms with Gasteiger partial charge in [0.2, 0.25) is 0 Å². The van der Waals surface area contributed by atoms with Crippen LogP contribution < -0.4 is 5.73 Å². The molecule has 0 amide bonds. The number of nitrogens with two attached hydrogens (primary N) is 1. The number of anilines is 1. The summed E-state index contributed by atoms with van der Waals surface area (Å²) in [6.07, 6.45) is 6.69. The summed E-state index contributed by atoms with van der Waals surface area (Å²) in [5.74, 6) is 0. The summed E-state index contributed by atoms with van der Waals surface area (Å²) in [7, 11) is 0. The van der Waals surface area contributed by atoms with Crippen molar-refractivity contribution in [3.63, 3.8) is 0 Å². The molecule has 2 atom stereocenters. The zero-order valence-electron chi connectivity index (χ0n) is 11.6. The standard InChI is InChI=1S/C16H24N2O/c17-14-7-2-1-5-13(14)6-4-10-18-11-12-19-16-9-3-8-15(16)18/h1-2,5,7,15-16H,3-4,6,8-12,17H2. The molecule has 0 spiro atoms. The van der Waals surface area contributed by atoms with Gasteiger partial charge in [-0.2, -0.15) is 0 Å². The van der Waals surface area contributed by atoms with Crippen LogP contribution in [-0.4, -0.2) is 36.7 Å². The number of benzene rings is 1. The lowest BCUT2D eigenvalue weighted by molar-refractivity contribution is -0.0556. The van der Waals surface area contributed by atoms with Crippen LogP contribution in [0.4, 0.5) is 5.69 Å². The highest BCUT2D eigenvalue weighted by atomic mass is 16.5. The van der Waals surface area contributed by atoms with Gasteiger partial charge in [0.25, 0.3) is 0 Å². The molecule has 1 saturated heterocycles. The van der Waals surface area contributed by atoms with Crippen molar-refractivity contribution < 1.29 is 4.74 Å². The van der Waals surface area contributed by atoms with E-state index in [4.69, 9.17) is 10.5 Å². The van der Waals surface area contributed by atoms with Crippen LogP contribution in [-0.2, 0) is 11.2 Å². The monoisotopic (exact) mass is 260 g/mol. The maximum absolute atomic E-state index is 5.99. The summed E-state index contributed by atoms with van der Waals surface area (Å²) in [6, 6.07) is 8.91. The van der Waals surface area contributed by atoms with Gasteiger partial charge in [0, 0.05) is 18.3 Å². The predicted molar refractivity (Wildman–Crippen MR) is 78.1 cm³/mol. The fourth-order valence-corrected chi connectivity index (χ4v) is 3.52. The molecular weight excluding hydrogens is 236 g/mol. The quantitative estimate of drug-likeness (QED) is 0.845. The predicted octanol–water partition coefficient (Wildman–Crippen LogP) is 2.45. The van der Waals surface area contributed by atoms with E-state index in [0.717, 1.165) is 25.3 Å². The van der Waals surface area contributed by atoms with Gasteiger partial charge in [-0.3, -0.25) is 4.90 Å². The lowest BCUT2D eigenvalue weighted by atomic mass is 10.1. The average molecular weight is 260 g/mol. The highest BCUT2D eigenvalue weighted by molar-refractivity contribution is 5.46. The van der Waals surface area contributed by atoms with Gasteiger partial charge >= 0.3 is 0 Å². The molecule has 3 heteroatoms. The van der Waals surface area contributed by atoms with Crippen molar-refractivity contribution in [2.75, 3.05) is 25.4 Å². The third-order valence-corrected chi connectivity index (χ3v) is 4.54. The van der Waals surface area contributed by atoms with Crippen LogP contribution in [0.15, 0.2) is 24.3 Å². The molecule has 0 radical (unpaired) electrons. The first kappa shape index (κ1) is 12.9. The normalized spacial score (nSPS) is 27.4. The molecule has 3 nitrogen and oxygen atoms in total. The van der Waals surface area contributed by atoms with Crippen molar-refractivity contribution in [3.05, 3.63) is 29.8 Å². The summed E-state index contributed by atoms with van der Waals surface area (Å²) in [6.45, 7) is 3.19. The Bertz CT molecular complexity index is 421. The number of aryl methyl sites for hydroxylation is 1. The third kappa shape index (κ3) is 2.93. The number of nitrogen functional groups attached to an aromatic ring is 1. The minimum atomic E-state index is 0.510. The first-order chi connectivity index (χ1) is 9.34. The zero-order chi connectivity index (χ0) is 13.1. The topological polar surface area (TPSA) is 38.5 Å². The number of hydrogen-bond acceptors (Lipinski definition) is 3. The Labute approximate surface area is 115 Å². The van der Waals surface area contributed by atoms with E-state index in [1.54, 1.807) is 0 Å². The second-order valence-corrected chi connectivity index (χ2v) is 5.75. The Morgan fingerprint density at radius 1 is 1.26 bits per heavy atom. The van der Waals surface area contributed by atoms with Crippen molar-refractivity contribution in [2.24, 2.45) is 0 Å². The summed E-state index contributed by atoms with van der Waals surface area (Å²) in [5, 5.41) is 0. The molecule has 2 aliphatic rings. The number of hydrogen-bond donors (Lipinski definition) is 1. The van der Waals surface area contributed by atoms with Gasteiger partial charge in [-0.25, -0.2) is 0 Å². The number of morpholine rings is 1. The third-order valence-electron chi connectivity index (χ3n) is 4.54. The van der Waals surface area contributed by atoms with E-state index in [1.165, 1.54) is 37.8 Å². The molecule has 1 aliphatic heterocycles. The summed E-state index contributed by atoms with van der Waals surface area (Å²) < 4.78 is 5.85. The molecule has 1 saturated carbocycles. The number of fused-ring (bicyclic) bond motifs is 1. The molecule has 2 N–H and O–H groups in total. The molecule has 3 rings (SSSR count). The van der Waals surface area contributed by atoms with E-state index < -0.39 is 0 Å². The van der Waals surface area contributed by atoms with Crippen molar-refractivity contribution in [1.29, 1.82) is 0 Å². The van der Waals surface area contributed by atoms with Crippen LogP contribution in [0.1, 0.15) is 31.2 Å². The molecule has 19 heavy (non-hydrogen) atoms. The minimum absolute atomic E-state index is 0.510. The molecule has 2 fully saturated rings. The van der Waals surface area contributed by atoms with Crippen LogP contribution in [0, 0.1) is 0 Å². The van der Waals surface area contributed by atoms with Crippen LogP contribution in [0.3, 0.4) is 0 Å². The molecule has 1 aromatic rings. The second kappa shape index (κ2) is 5.93. The van der Waals surface area contributed by atoms with E-state index >= 15 is 0 Å². The van der Waals surface area contributed by atoms with Gasteiger partial charge in [-0.15, -0.1) is 0 Å². The van der Waals surface area contributed by atoms with E-state index in [9.17, 15) is 0 Å². The highest BCUT2D eigenvalue weighted by Crippen LogP contribution is 2.29. The largest absolute Gasteiger partial charge is 0.399 e. The SMILES string of the molecule is Nc1ccccc1CCCN1CCOC2CCCC21. The van der Waals surface area contributed by atoms with Crippen LogP contribution in [0.25, 0.3) is 0 Å².